The number of fused-ring (bicyclic) bond motifs is 1. The molecule has 0 bridgehead atoms. The number of hydrogen-bond acceptors (Lipinski definition) is 4. The van der Waals surface area contributed by atoms with Crippen molar-refractivity contribution in [1.82, 2.24) is 4.98 Å². The van der Waals surface area contributed by atoms with Gasteiger partial charge in [-0.1, -0.05) is 0 Å². The first-order valence-corrected chi connectivity index (χ1v) is 5.74. The van der Waals surface area contributed by atoms with Gasteiger partial charge in [0.25, 0.3) is 0 Å². The number of nitrogens with two attached hydrogens (primary N) is 1. The molecule has 0 fully saturated rings. The van der Waals surface area contributed by atoms with E-state index in [2.05, 4.69) is 10.3 Å². The number of pyridine rings is 1. The number of anilines is 2. The standard InChI is InChI=1S/C12H18N4O/c1-12(2,13)5-7-16-8-10(17)15-11-9(16)4-3-6-14-11/h3-4,6H,5,7-8,13H2,1-2H3,(H,14,15,17). The highest BCUT2D eigenvalue weighted by Gasteiger charge is 2.23. The lowest BCUT2D eigenvalue weighted by Gasteiger charge is -2.32. The van der Waals surface area contributed by atoms with Crippen molar-refractivity contribution in [2.75, 3.05) is 23.3 Å². The van der Waals surface area contributed by atoms with Crippen LogP contribution in [0.2, 0.25) is 0 Å². The van der Waals surface area contributed by atoms with E-state index < -0.39 is 0 Å². The van der Waals surface area contributed by atoms with Gasteiger partial charge in [0.05, 0.1) is 12.2 Å². The van der Waals surface area contributed by atoms with Crippen LogP contribution in [0.3, 0.4) is 0 Å². The van der Waals surface area contributed by atoms with Crippen LogP contribution in [0.25, 0.3) is 0 Å². The van der Waals surface area contributed by atoms with E-state index in [0.29, 0.717) is 12.4 Å². The van der Waals surface area contributed by atoms with Crippen LogP contribution in [0.1, 0.15) is 20.3 Å². The number of nitrogens with zero attached hydrogens (tertiary/aromatic N) is 2. The highest BCUT2D eigenvalue weighted by Crippen LogP contribution is 2.27. The molecule has 2 heterocycles. The van der Waals surface area contributed by atoms with Crippen LogP contribution < -0.4 is 16.0 Å². The molecule has 0 aromatic carbocycles. The molecule has 5 nitrogen and oxygen atoms in total. The van der Waals surface area contributed by atoms with E-state index >= 15 is 0 Å². The summed E-state index contributed by atoms with van der Waals surface area (Å²) in [6.07, 6.45) is 2.50. The Kier molecular flexibility index (Phi) is 3.02. The number of carbonyl (C=O) groups is 1. The van der Waals surface area contributed by atoms with Crippen molar-refractivity contribution in [3.63, 3.8) is 0 Å². The van der Waals surface area contributed by atoms with E-state index in [1.54, 1.807) is 6.20 Å². The monoisotopic (exact) mass is 234 g/mol. The summed E-state index contributed by atoms with van der Waals surface area (Å²) < 4.78 is 0. The van der Waals surface area contributed by atoms with Gasteiger partial charge in [-0.05, 0) is 32.4 Å². The lowest BCUT2D eigenvalue weighted by atomic mass is 10.0. The highest BCUT2D eigenvalue weighted by molar-refractivity contribution is 5.99. The van der Waals surface area contributed by atoms with Crippen molar-refractivity contribution in [2.24, 2.45) is 5.73 Å². The molecule has 17 heavy (non-hydrogen) atoms. The third-order valence-corrected chi connectivity index (χ3v) is 2.75. The molecule has 2 rings (SSSR count). The maximum Gasteiger partial charge on any atom is 0.245 e. The fourth-order valence-electron chi connectivity index (χ4n) is 1.80. The minimum atomic E-state index is -0.226. The Labute approximate surface area is 101 Å². The smallest absolute Gasteiger partial charge is 0.245 e. The first-order valence-electron chi connectivity index (χ1n) is 5.74. The topological polar surface area (TPSA) is 71.2 Å². The fraction of sp³-hybridized carbons (Fsp3) is 0.500. The summed E-state index contributed by atoms with van der Waals surface area (Å²) in [5, 5.41) is 2.76. The van der Waals surface area contributed by atoms with Crippen molar-refractivity contribution in [3.05, 3.63) is 18.3 Å². The van der Waals surface area contributed by atoms with E-state index in [1.807, 2.05) is 30.9 Å². The number of nitrogens with one attached hydrogen (secondary N) is 1. The van der Waals surface area contributed by atoms with Crippen molar-refractivity contribution in [2.45, 2.75) is 25.8 Å². The molecule has 1 aliphatic rings. The minimum absolute atomic E-state index is 0.0222. The molecule has 1 aromatic rings. The van der Waals surface area contributed by atoms with E-state index in [4.69, 9.17) is 5.73 Å². The van der Waals surface area contributed by atoms with Gasteiger partial charge in [-0.25, -0.2) is 4.98 Å². The molecular weight excluding hydrogens is 216 g/mol. The Morgan fingerprint density at radius 1 is 1.59 bits per heavy atom. The van der Waals surface area contributed by atoms with Crippen LogP contribution in [-0.4, -0.2) is 29.5 Å². The molecule has 3 N–H and O–H groups in total. The summed E-state index contributed by atoms with van der Waals surface area (Å²) in [6.45, 7) is 5.10. The average Bonchev–Trinajstić information content (AvgIpc) is 2.24. The van der Waals surface area contributed by atoms with E-state index in [1.165, 1.54) is 0 Å². The molecule has 0 atom stereocenters. The molecule has 1 amide bonds. The van der Waals surface area contributed by atoms with Crippen molar-refractivity contribution in [1.29, 1.82) is 0 Å². The zero-order valence-electron chi connectivity index (χ0n) is 10.2. The van der Waals surface area contributed by atoms with Crippen molar-refractivity contribution >= 4 is 17.4 Å². The number of amides is 1. The van der Waals surface area contributed by atoms with E-state index in [0.717, 1.165) is 18.7 Å². The van der Waals surface area contributed by atoms with Gasteiger partial charge in [0.15, 0.2) is 5.82 Å². The molecule has 0 saturated heterocycles. The second-order valence-electron chi connectivity index (χ2n) is 5.08. The SMILES string of the molecule is CC(C)(N)CCN1CC(=O)Nc2ncccc21. The molecule has 92 valence electrons. The number of hydrogen-bond donors (Lipinski definition) is 2. The molecule has 0 spiro atoms. The molecule has 0 radical (unpaired) electrons. The van der Waals surface area contributed by atoms with Gasteiger partial charge < -0.3 is 16.0 Å². The van der Waals surface area contributed by atoms with Crippen LogP contribution in [0, 0.1) is 0 Å². The molecular formula is C12H18N4O. The number of rotatable bonds is 3. The largest absolute Gasteiger partial charge is 0.359 e. The molecule has 0 saturated carbocycles. The third-order valence-electron chi connectivity index (χ3n) is 2.75. The lowest BCUT2D eigenvalue weighted by Crippen LogP contribution is -2.43. The van der Waals surface area contributed by atoms with Crippen LogP contribution >= 0.6 is 0 Å². The van der Waals surface area contributed by atoms with Gasteiger partial charge >= 0.3 is 0 Å². The second-order valence-corrected chi connectivity index (χ2v) is 5.08. The van der Waals surface area contributed by atoms with Gasteiger partial charge in [0.1, 0.15) is 0 Å². The Hall–Kier alpha value is -1.62. The Bertz CT molecular complexity index is 425. The molecule has 1 aliphatic heterocycles. The summed E-state index contributed by atoms with van der Waals surface area (Å²) in [4.78, 5) is 17.7. The highest BCUT2D eigenvalue weighted by atomic mass is 16.2. The Balaban J connectivity index is 2.15. The zero-order chi connectivity index (χ0) is 12.5. The lowest BCUT2D eigenvalue weighted by molar-refractivity contribution is -0.115. The van der Waals surface area contributed by atoms with Crippen LogP contribution in [0.5, 0.6) is 0 Å². The third kappa shape index (κ3) is 2.94. The maximum absolute atomic E-state index is 11.5. The van der Waals surface area contributed by atoms with E-state index in [-0.39, 0.29) is 11.4 Å². The minimum Gasteiger partial charge on any atom is -0.359 e. The second kappa shape index (κ2) is 4.33. The molecule has 0 aliphatic carbocycles. The van der Waals surface area contributed by atoms with Gasteiger partial charge in [-0.3, -0.25) is 4.79 Å². The van der Waals surface area contributed by atoms with Crippen LogP contribution in [-0.2, 0) is 4.79 Å². The Morgan fingerprint density at radius 3 is 3.06 bits per heavy atom. The van der Waals surface area contributed by atoms with Crippen LogP contribution in [0.4, 0.5) is 11.5 Å². The van der Waals surface area contributed by atoms with Gasteiger partial charge in [-0.2, -0.15) is 0 Å². The first kappa shape index (κ1) is 11.9. The zero-order valence-corrected chi connectivity index (χ0v) is 10.2. The molecule has 5 heteroatoms. The molecule has 1 aromatic heterocycles. The fourth-order valence-corrected chi connectivity index (χ4v) is 1.80. The predicted molar refractivity (Wildman–Crippen MR) is 68.0 cm³/mol. The first-order chi connectivity index (χ1) is 7.96. The average molecular weight is 234 g/mol. The number of aromatic nitrogens is 1. The summed E-state index contributed by atoms with van der Waals surface area (Å²) in [6, 6.07) is 3.84. The van der Waals surface area contributed by atoms with Gasteiger partial charge in [0.2, 0.25) is 5.91 Å². The summed E-state index contributed by atoms with van der Waals surface area (Å²) >= 11 is 0. The summed E-state index contributed by atoms with van der Waals surface area (Å²) in [5.41, 5.74) is 6.71. The Morgan fingerprint density at radius 2 is 2.35 bits per heavy atom. The van der Waals surface area contributed by atoms with E-state index in [9.17, 15) is 4.79 Å². The maximum atomic E-state index is 11.5. The van der Waals surface area contributed by atoms with Gasteiger partial charge in [-0.15, -0.1) is 0 Å². The molecule has 0 unspecified atom stereocenters. The van der Waals surface area contributed by atoms with Crippen molar-refractivity contribution < 1.29 is 4.79 Å². The quantitative estimate of drug-likeness (QED) is 0.817. The predicted octanol–water partition coefficient (Wildman–Crippen LogP) is 0.967. The van der Waals surface area contributed by atoms with Gasteiger partial charge in [0, 0.05) is 18.3 Å². The summed E-state index contributed by atoms with van der Waals surface area (Å²) in [7, 11) is 0. The summed E-state index contributed by atoms with van der Waals surface area (Å²) in [5.74, 6) is 0.615. The number of carbonyl (C=O) groups excluding carboxylic acids is 1. The van der Waals surface area contributed by atoms with Crippen molar-refractivity contribution in [3.8, 4) is 0 Å². The normalized spacial score (nSPS) is 15.5. The van der Waals surface area contributed by atoms with Crippen LogP contribution in [0.15, 0.2) is 18.3 Å².